The number of hydrogen-bond acceptors (Lipinski definition) is 1. The van der Waals surface area contributed by atoms with Gasteiger partial charge in [0.2, 0.25) is 0 Å². The number of methoxy groups -OCH3 is 1. The highest BCUT2D eigenvalue weighted by Crippen LogP contribution is 2.19. The van der Waals surface area contributed by atoms with E-state index >= 15 is 0 Å². The number of para-hydroxylation sites is 1. The molecule has 0 heterocycles. The summed E-state index contributed by atoms with van der Waals surface area (Å²) >= 11 is 0. The van der Waals surface area contributed by atoms with E-state index in [2.05, 4.69) is 42.5 Å². The Kier molecular flexibility index (Phi) is 4.20. The summed E-state index contributed by atoms with van der Waals surface area (Å²) in [6, 6.07) is 18.9. The van der Waals surface area contributed by atoms with Crippen LogP contribution in [0.5, 0.6) is 5.75 Å². The van der Waals surface area contributed by atoms with Crippen LogP contribution < -0.4 is 4.74 Å². The second-order valence-electron chi connectivity index (χ2n) is 4.15. The summed E-state index contributed by atoms with van der Waals surface area (Å²) in [5.41, 5.74) is 2.70. The Morgan fingerprint density at radius 3 is 2.29 bits per heavy atom. The standard InChI is InChI=1S/C16H18O/c1-17-16-13-6-5-11-15(16)12-7-10-14-8-3-2-4-9-14/h2-6,8-9,11,13H,7,10,12H2,1H3. The van der Waals surface area contributed by atoms with Gasteiger partial charge < -0.3 is 4.74 Å². The minimum atomic E-state index is 1.00. The Hall–Kier alpha value is -1.76. The molecule has 0 saturated heterocycles. The maximum absolute atomic E-state index is 5.35. The zero-order chi connectivity index (χ0) is 11.9. The summed E-state index contributed by atoms with van der Waals surface area (Å²) in [6.07, 6.45) is 3.35. The topological polar surface area (TPSA) is 9.23 Å². The van der Waals surface area contributed by atoms with Gasteiger partial charge in [0.1, 0.15) is 5.75 Å². The molecule has 0 N–H and O–H groups in total. The van der Waals surface area contributed by atoms with Crippen molar-refractivity contribution in [3.05, 3.63) is 65.7 Å². The van der Waals surface area contributed by atoms with Crippen LogP contribution in [0.4, 0.5) is 0 Å². The lowest BCUT2D eigenvalue weighted by Crippen LogP contribution is -1.93. The highest BCUT2D eigenvalue weighted by atomic mass is 16.5. The Balaban J connectivity index is 1.90. The highest BCUT2D eigenvalue weighted by molar-refractivity contribution is 5.33. The molecule has 1 heteroatoms. The molecule has 2 aromatic carbocycles. The molecule has 2 rings (SSSR count). The van der Waals surface area contributed by atoms with Gasteiger partial charge in [-0.05, 0) is 36.5 Å². The molecule has 88 valence electrons. The molecule has 2 aromatic rings. The van der Waals surface area contributed by atoms with Gasteiger partial charge in [-0.1, -0.05) is 48.5 Å². The summed E-state index contributed by atoms with van der Waals surface area (Å²) in [5.74, 6) is 1.00. The van der Waals surface area contributed by atoms with Gasteiger partial charge in [0.25, 0.3) is 0 Å². The van der Waals surface area contributed by atoms with Crippen LogP contribution in [0.3, 0.4) is 0 Å². The van der Waals surface area contributed by atoms with Crippen molar-refractivity contribution in [3.63, 3.8) is 0 Å². The molecule has 0 fully saturated rings. The number of aryl methyl sites for hydroxylation is 2. The summed E-state index contributed by atoms with van der Waals surface area (Å²) in [4.78, 5) is 0. The summed E-state index contributed by atoms with van der Waals surface area (Å²) in [6.45, 7) is 0. The molecule has 0 aliphatic rings. The van der Waals surface area contributed by atoms with Crippen molar-refractivity contribution in [2.75, 3.05) is 7.11 Å². The van der Waals surface area contributed by atoms with E-state index < -0.39 is 0 Å². The van der Waals surface area contributed by atoms with Gasteiger partial charge >= 0.3 is 0 Å². The molecule has 0 radical (unpaired) electrons. The Morgan fingerprint density at radius 1 is 0.824 bits per heavy atom. The minimum Gasteiger partial charge on any atom is -0.496 e. The molecule has 17 heavy (non-hydrogen) atoms. The maximum atomic E-state index is 5.35. The van der Waals surface area contributed by atoms with Gasteiger partial charge in [-0.15, -0.1) is 0 Å². The van der Waals surface area contributed by atoms with E-state index in [0.717, 1.165) is 25.0 Å². The van der Waals surface area contributed by atoms with Gasteiger partial charge in [0.15, 0.2) is 0 Å². The predicted octanol–water partition coefficient (Wildman–Crippen LogP) is 3.87. The fraction of sp³-hybridized carbons (Fsp3) is 0.250. The smallest absolute Gasteiger partial charge is 0.122 e. The minimum absolute atomic E-state index is 1.00. The van der Waals surface area contributed by atoms with Gasteiger partial charge in [-0.25, -0.2) is 0 Å². The van der Waals surface area contributed by atoms with Gasteiger partial charge in [-0.2, -0.15) is 0 Å². The molecular weight excluding hydrogens is 208 g/mol. The van der Waals surface area contributed by atoms with Crippen molar-refractivity contribution in [1.29, 1.82) is 0 Å². The molecule has 0 aromatic heterocycles. The van der Waals surface area contributed by atoms with E-state index in [1.165, 1.54) is 11.1 Å². The second kappa shape index (κ2) is 6.09. The lowest BCUT2D eigenvalue weighted by molar-refractivity contribution is 0.409. The van der Waals surface area contributed by atoms with Crippen molar-refractivity contribution < 1.29 is 4.74 Å². The van der Waals surface area contributed by atoms with Crippen LogP contribution in [-0.4, -0.2) is 7.11 Å². The number of hydrogen-bond donors (Lipinski definition) is 0. The predicted molar refractivity (Wildman–Crippen MR) is 71.5 cm³/mol. The number of ether oxygens (including phenoxy) is 1. The fourth-order valence-electron chi connectivity index (χ4n) is 2.04. The third-order valence-electron chi connectivity index (χ3n) is 2.95. The Labute approximate surface area is 103 Å². The normalized spacial score (nSPS) is 10.2. The lowest BCUT2D eigenvalue weighted by Gasteiger charge is -2.07. The first-order chi connectivity index (χ1) is 8.40. The van der Waals surface area contributed by atoms with Crippen LogP contribution in [0.2, 0.25) is 0 Å². The van der Waals surface area contributed by atoms with E-state index in [0.29, 0.717) is 0 Å². The zero-order valence-electron chi connectivity index (χ0n) is 10.2. The van der Waals surface area contributed by atoms with Crippen LogP contribution in [-0.2, 0) is 12.8 Å². The third kappa shape index (κ3) is 3.35. The van der Waals surface area contributed by atoms with E-state index in [1.807, 2.05) is 12.1 Å². The molecule has 1 nitrogen and oxygen atoms in total. The third-order valence-corrected chi connectivity index (χ3v) is 2.95. The Bertz CT molecular complexity index is 448. The molecule has 0 amide bonds. The summed E-state index contributed by atoms with van der Waals surface area (Å²) < 4.78 is 5.35. The molecule has 0 saturated carbocycles. The molecule has 0 spiro atoms. The lowest BCUT2D eigenvalue weighted by atomic mass is 10.0. The van der Waals surface area contributed by atoms with E-state index in [4.69, 9.17) is 4.74 Å². The van der Waals surface area contributed by atoms with Gasteiger partial charge in [-0.3, -0.25) is 0 Å². The number of rotatable bonds is 5. The summed E-state index contributed by atoms with van der Waals surface area (Å²) in [7, 11) is 1.73. The van der Waals surface area contributed by atoms with Gasteiger partial charge in [0.05, 0.1) is 7.11 Å². The first-order valence-corrected chi connectivity index (χ1v) is 6.06. The molecule has 0 atom stereocenters. The molecular formula is C16H18O. The van der Waals surface area contributed by atoms with Crippen molar-refractivity contribution in [2.24, 2.45) is 0 Å². The average molecular weight is 226 g/mol. The van der Waals surface area contributed by atoms with Crippen molar-refractivity contribution in [2.45, 2.75) is 19.3 Å². The number of benzene rings is 2. The zero-order valence-corrected chi connectivity index (χ0v) is 10.2. The van der Waals surface area contributed by atoms with Crippen LogP contribution >= 0.6 is 0 Å². The van der Waals surface area contributed by atoms with Crippen LogP contribution in [0.25, 0.3) is 0 Å². The van der Waals surface area contributed by atoms with E-state index in [1.54, 1.807) is 7.11 Å². The van der Waals surface area contributed by atoms with Crippen molar-refractivity contribution >= 4 is 0 Å². The quantitative estimate of drug-likeness (QED) is 0.752. The van der Waals surface area contributed by atoms with Crippen LogP contribution in [0, 0.1) is 0 Å². The van der Waals surface area contributed by atoms with Gasteiger partial charge in [0, 0.05) is 0 Å². The first kappa shape index (κ1) is 11.7. The molecule has 0 unspecified atom stereocenters. The molecule has 0 bridgehead atoms. The Morgan fingerprint density at radius 2 is 1.53 bits per heavy atom. The van der Waals surface area contributed by atoms with Crippen molar-refractivity contribution in [3.8, 4) is 5.75 Å². The van der Waals surface area contributed by atoms with Crippen molar-refractivity contribution in [1.82, 2.24) is 0 Å². The second-order valence-corrected chi connectivity index (χ2v) is 4.15. The average Bonchev–Trinajstić information content (AvgIpc) is 2.40. The molecule has 0 aliphatic carbocycles. The fourth-order valence-corrected chi connectivity index (χ4v) is 2.04. The highest BCUT2D eigenvalue weighted by Gasteiger charge is 2.01. The largest absolute Gasteiger partial charge is 0.496 e. The summed E-state index contributed by atoms with van der Waals surface area (Å²) in [5, 5.41) is 0. The maximum Gasteiger partial charge on any atom is 0.122 e. The SMILES string of the molecule is COc1ccccc1CCCc1ccccc1. The monoisotopic (exact) mass is 226 g/mol. The van der Waals surface area contributed by atoms with E-state index in [-0.39, 0.29) is 0 Å². The van der Waals surface area contributed by atoms with E-state index in [9.17, 15) is 0 Å². The molecule has 0 aliphatic heterocycles. The van der Waals surface area contributed by atoms with Crippen LogP contribution in [0.1, 0.15) is 17.5 Å². The first-order valence-electron chi connectivity index (χ1n) is 6.06. The van der Waals surface area contributed by atoms with Crippen LogP contribution in [0.15, 0.2) is 54.6 Å².